The average molecular weight is 307 g/mol. The SMILES string of the molecule is O=C(Nc1ccc(Cl)cc1C(F)(F)F)C1CCCCN1. The van der Waals surface area contributed by atoms with Gasteiger partial charge in [0, 0.05) is 5.02 Å². The fourth-order valence-corrected chi connectivity index (χ4v) is 2.33. The number of hydrogen-bond donors (Lipinski definition) is 2. The summed E-state index contributed by atoms with van der Waals surface area (Å²) in [6.07, 6.45) is -2.08. The van der Waals surface area contributed by atoms with E-state index in [0.29, 0.717) is 13.0 Å². The van der Waals surface area contributed by atoms with Gasteiger partial charge in [-0.15, -0.1) is 0 Å². The van der Waals surface area contributed by atoms with Crippen LogP contribution in [0.3, 0.4) is 0 Å². The molecule has 110 valence electrons. The van der Waals surface area contributed by atoms with Crippen molar-refractivity contribution < 1.29 is 18.0 Å². The first-order valence-corrected chi connectivity index (χ1v) is 6.67. The Hall–Kier alpha value is -1.27. The standard InChI is InChI=1S/C13H14ClF3N2O/c14-8-4-5-10(9(7-8)13(15,16)17)19-12(20)11-3-1-2-6-18-11/h4-5,7,11,18H,1-3,6H2,(H,19,20). The minimum absolute atomic E-state index is 0.0221. The van der Waals surface area contributed by atoms with Crippen molar-refractivity contribution in [3.63, 3.8) is 0 Å². The Morgan fingerprint density at radius 1 is 1.35 bits per heavy atom. The van der Waals surface area contributed by atoms with Gasteiger partial charge < -0.3 is 10.6 Å². The van der Waals surface area contributed by atoms with E-state index < -0.39 is 23.7 Å². The number of carbonyl (C=O) groups excluding carboxylic acids is 1. The van der Waals surface area contributed by atoms with Crippen LogP contribution in [0.1, 0.15) is 24.8 Å². The third-order valence-corrected chi connectivity index (χ3v) is 3.41. The van der Waals surface area contributed by atoms with E-state index in [9.17, 15) is 18.0 Å². The minimum Gasteiger partial charge on any atom is -0.324 e. The van der Waals surface area contributed by atoms with Crippen molar-refractivity contribution in [3.8, 4) is 0 Å². The maximum atomic E-state index is 12.9. The summed E-state index contributed by atoms with van der Waals surface area (Å²) >= 11 is 5.58. The first-order valence-electron chi connectivity index (χ1n) is 6.29. The van der Waals surface area contributed by atoms with Gasteiger partial charge in [-0.3, -0.25) is 4.79 Å². The van der Waals surface area contributed by atoms with E-state index in [4.69, 9.17) is 11.6 Å². The summed E-state index contributed by atoms with van der Waals surface area (Å²) in [6.45, 7) is 0.699. The summed E-state index contributed by atoms with van der Waals surface area (Å²) in [5.74, 6) is -0.447. The van der Waals surface area contributed by atoms with Gasteiger partial charge in [0.2, 0.25) is 5.91 Å². The molecule has 7 heteroatoms. The zero-order valence-electron chi connectivity index (χ0n) is 10.6. The van der Waals surface area contributed by atoms with Crippen molar-refractivity contribution >= 4 is 23.2 Å². The Morgan fingerprint density at radius 3 is 2.70 bits per heavy atom. The van der Waals surface area contributed by atoms with Crippen molar-refractivity contribution in [2.45, 2.75) is 31.5 Å². The Kier molecular flexibility index (Phi) is 4.55. The predicted molar refractivity (Wildman–Crippen MR) is 70.7 cm³/mol. The van der Waals surface area contributed by atoms with Gasteiger partial charge >= 0.3 is 6.18 Å². The van der Waals surface area contributed by atoms with Gasteiger partial charge in [0.25, 0.3) is 0 Å². The molecule has 0 aliphatic carbocycles. The first-order chi connectivity index (χ1) is 9.38. The molecule has 1 fully saturated rings. The molecule has 1 unspecified atom stereocenters. The lowest BCUT2D eigenvalue weighted by molar-refractivity contribution is -0.137. The molecule has 2 rings (SSSR count). The number of nitrogens with one attached hydrogen (secondary N) is 2. The second-order valence-corrected chi connectivity index (χ2v) is 5.12. The van der Waals surface area contributed by atoms with Crippen LogP contribution in [-0.4, -0.2) is 18.5 Å². The van der Waals surface area contributed by atoms with Crippen LogP contribution < -0.4 is 10.6 Å². The number of carbonyl (C=O) groups is 1. The van der Waals surface area contributed by atoms with Crippen molar-refractivity contribution in [3.05, 3.63) is 28.8 Å². The normalized spacial score (nSPS) is 19.7. The van der Waals surface area contributed by atoms with Crippen LogP contribution in [0.5, 0.6) is 0 Å². The second kappa shape index (κ2) is 6.01. The van der Waals surface area contributed by atoms with Gasteiger partial charge in [-0.25, -0.2) is 0 Å². The number of rotatable bonds is 2. The molecule has 1 heterocycles. The van der Waals surface area contributed by atoms with E-state index in [1.807, 2.05) is 0 Å². The molecule has 1 atom stereocenters. The highest BCUT2D eigenvalue weighted by Gasteiger charge is 2.34. The molecule has 2 N–H and O–H groups in total. The van der Waals surface area contributed by atoms with Crippen LogP contribution >= 0.6 is 11.6 Å². The monoisotopic (exact) mass is 306 g/mol. The Balaban J connectivity index is 2.18. The average Bonchev–Trinajstić information content (AvgIpc) is 2.40. The van der Waals surface area contributed by atoms with Crippen LogP contribution in [0.15, 0.2) is 18.2 Å². The van der Waals surface area contributed by atoms with E-state index in [-0.39, 0.29) is 10.7 Å². The van der Waals surface area contributed by atoms with E-state index >= 15 is 0 Å². The highest BCUT2D eigenvalue weighted by Crippen LogP contribution is 2.36. The third-order valence-electron chi connectivity index (χ3n) is 3.17. The number of piperidine rings is 1. The van der Waals surface area contributed by atoms with Crippen molar-refractivity contribution in [1.82, 2.24) is 5.32 Å². The Bertz CT molecular complexity index is 499. The summed E-state index contributed by atoms with van der Waals surface area (Å²) in [6, 6.07) is 2.86. The van der Waals surface area contributed by atoms with E-state index in [1.54, 1.807) is 0 Å². The summed E-state index contributed by atoms with van der Waals surface area (Å²) in [5.41, 5.74) is -1.20. The van der Waals surface area contributed by atoms with E-state index in [0.717, 1.165) is 18.9 Å². The van der Waals surface area contributed by atoms with Crippen LogP contribution in [0, 0.1) is 0 Å². The third kappa shape index (κ3) is 3.64. The largest absolute Gasteiger partial charge is 0.418 e. The summed E-state index contributed by atoms with van der Waals surface area (Å²) < 4.78 is 38.7. The summed E-state index contributed by atoms with van der Waals surface area (Å²) in [4.78, 5) is 12.0. The molecule has 1 saturated heterocycles. The molecule has 3 nitrogen and oxygen atoms in total. The quantitative estimate of drug-likeness (QED) is 0.879. The molecule has 1 aliphatic heterocycles. The van der Waals surface area contributed by atoms with Crippen LogP contribution in [0.4, 0.5) is 18.9 Å². The zero-order valence-corrected chi connectivity index (χ0v) is 11.3. The highest BCUT2D eigenvalue weighted by atomic mass is 35.5. The van der Waals surface area contributed by atoms with E-state index in [2.05, 4.69) is 10.6 Å². The van der Waals surface area contributed by atoms with Gasteiger partial charge in [-0.05, 0) is 37.6 Å². The van der Waals surface area contributed by atoms with Gasteiger partial charge in [0.05, 0.1) is 17.3 Å². The number of hydrogen-bond acceptors (Lipinski definition) is 2. The van der Waals surface area contributed by atoms with Crippen molar-refractivity contribution in [2.75, 3.05) is 11.9 Å². The molecule has 1 aliphatic rings. The van der Waals surface area contributed by atoms with Crippen molar-refractivity contribution in [1.29, 1.82) is 0 Å². The van der Waals surface area contributed by atoms with E-state index in [1.165, 1.54) is 12.1 Å². The molecule has 0 aromatic heterocycles. The first kappa shape index (κ1) is 15.1. The fourth-order valence-electron chi connectivity index (χ4n) is 2.16. The lowest BCUT2D eigenvalue weighted by Crippen LogP contribution is -2.43. The molecule has 0 saturated carbocycles. The Labute approximate surface area is 119 Å². The maximum absolute atomic E-state index is 12.9. The predicted octanol–water partition coefficient (Wildman–Crippen LogP) is 3.44. The van der Waals surface area contributed by atoms with Gasteiger partial charge in [-0.1, -0.05) is 18.0 Å². The molecule has 0 radical (unpaired) electrons. The maximum Gasteiger partial charge on any atom is 0.418 e. The van der Waals surface area contributed by atoms with Crippen molar-refractivity contribution in [2.24, 2.45) is 0 Å². The smallest absolute Gasteiger partial charge is 0.324 e. The lowest BCUT2D eigenvalue weighted by Gasteiger charge is -2.23. The number of amides is 1. The molecule has 1 aromatic rings. The summed E-state index contributed by atoms with van der Waals surface area (Å²) in [7, 11) is 0. The molecule has 0 spiro atoms. The number of alkyl halides is 3. The highest BCUT2D eigenvalue weighted by molar-refractivity contribution is 6.30. The van der Waals surface area contributed by atoms with Gasteiger partial charge in [0.15, 0.2) is 0 Å². The molecule has 1 aromatic carbocycles. The number of benzene rings is 1. The number of anilines is 1. The van der Waals surface area contributed by atoms with Crippen LogP contribution in [0.2, 0.25) is 5.02 Å². The molecule has 20 heavy (non-hydrogen) atoms. The lowest BCUT2D eigenvalue weighted by atomic mass is 10.0. The van der Waals surface area contributed by atoms with Gasteiger partial charge in [0.1, 0.15) is 0 Å². The molecular weight excluding hydrogens is 293 g/mol. The van der Waals surface area contributed by atoms with Crippen LogP contribution in [-0.2, 0) is 11.0 Å². The minimum atomic E-state index is -4.56. The molecule has 1 amide bonds. The Morgan fingerprint density at radius 2 is 2.10 bits per heavy atom. The summed E-state index contributed by atoms with van der Waals surface area (Å²) in [5, 5.41) is 5.30. The van der Waals surface area contributed by atoms with Crippen LogP contribution in [0.25, 0.3) is 0 Å². The fraction of sp³-hybridized carbons (Fsp3) is 0.462. The second-order valence-electron chi connectivity index (χ2n) is 4.68. The number of halogens is 4. The molecule has 0 bridgehead atoms. The van der Waals surface area contributed by atoms with Gasteiger partial charge in [-0.2, -0.15) is 13.2 Å². The zero-order chi connectivity index (χ0) is 14.8. The topological polar surface area (TPSA) is 41.1 Å². The molecular formula is C13H14ClF3N2O.